The number of rotatable bonds is 7. The topological polar surface area (TPSA) is 49.3 Å². The molecule has 1 rings (SSSR count). The number of carboxylic acid groups (broad SMARTS) is 1. The van der Waals surface area contributed by atoms with E-state index in [1.807, 2.05) is 13.8 Å². The van der Waals surface area contributed by atoms with Crippen molar-refractivity contribution < 1.29 is 14.3 Å². The molecule has 18 heavy (non-hydrogen) atoms. The number of anilines is 1. The fourth-order valence-corrected chi connectivity index (χ4v) is 2.19. The first-order chi connectivity index (χ1) is 8.55. The quantitative estimate of drug-likeness (QED) is 0.779. The number of benzene rings is 1. The number of hydrogen-bond donors (Lipinski definition) is 2. The molecule has 0 aliphatic carbocycles. The van der Waals surface area contributed by atoms with Gasteiger partial charge >= 0.3 is 5.97 Å². The van der Waals surface area contributed by atoms with Gasteiger partial charge in [-0.25, -0.2) is 9.18 Å². The van der Waals surface area contributed by atoms with Gasteiger partial charge in [-0.2, -0.15) is 0 Å². The summed E-state index contributed by atoms with van der Waals surface area (Å²) < 4.78 is 13.6. The van der Waals surface area contributed by atoms with Crippen molar-refractivity contribution in [2.24, 2.45) is 0 Å². The van der Waals surface area contributed by atoms with Gasteiger partial charge in [-0.05, 0) is 25.0 Å². The molecule has 2 N–H and O–H groups in total. The highest BCUT2D eigenvalue weighted by Gasteiger charge is 2.37. The van der Waals surface area contributed by atoms with Crippen molar-refractivity contribution in [1.29, 1.82) is 0 Å². The van der Waals surface area contributed by atoms with Crippen molar-refractivity contribution in [2.45, 2.75) is 45.1 Å². The predicted octanol–water partition coefficient (Wildman–Crippen LogP) is 3.66. The number of carbonyl (C=O) groups is 1. The van der Waals surface area contributed by atoms with E-state index in [2.05, 4.69) is 5.32 Å². The van der Waals surface area contributed by atoms with Gasteiger partial charge in [0.1, 0.15) is 11.4 Å². The first-order valence-corrected chi connectivity index (χ1v) is 6.32. The summed E-state index contributed by atoms with van der Waals surface area (Å²) in [5, 5.41) is 12.3. The summed E-state index contributed by atoms with van der Waals surface area (Å²) >= 11 is 0. The zero-order valence-electron chi connectivity index (χ0n) is 10.9. The minimum Gasteiger partial charge on any atom is -0.480 e. The number of para-hydroxylation sites is 1. The largest absolute Gasteiger partial charge is 0.480 e. The van der Waals surface area contributed by atoms with Crippen LogP contribution in [-0.4, -0.2) is 16.6 Å². The van der Waals surface area contributed by atoms with Crippen molar-refractivity contribution in [3.63, 3.8) is 0 Å². The molecule has 0 saturated heterocycles. The Kier molecular flexibility index (Phi) is 5.13. The monoisotopic (exact) mass is 253 g/mol. The number of hydrogen-bond acceptors (Lipinski definition) is 2. The average Bonchev–Trinajstić information content (AvgIpc) is 2.32. The van der Waals surface area contributed by atoms with Gasteiger partial charge in [0, 0.05) is 0 Å². The van der Waals surface area contributed by atoms with Crippen LogP contribution in [0.2, 0.25) is 0 Å². The van der Waals surface area contributed by atoms with Gasteiger partial charge < -0.3 is 10.4 Å². The molecule has 0 spiro atoms. The molecular formula is C14H20FNO2. The maximum atomic E-state index is 13.6. The van der Waals surface area contributed by atoms with E-state index >= 15 is 0 Å². The van der Waals surface area contributed by atoms with Crippen molar-refractivity contribution >= 4 is 11.7 Å². The molecule has 4 heteroatoms. The smallest absolute Gasteiger partial charge is 0.329 e. The Labute approximate surface area is 107 Å². The highest BCUT2D eigenvalue weighted by atomic mass is 19.1. The molecule has 0 aliphatic rings. The Bertz CT molecular complexity index is 401. The van der Waals surface area contributed by atoms with Crippen molar-refractivity contribution in [1.82, 2.24) is 0 Å². The van der Waals surface area contributed by atoms with Crippen molar-refractivity contribution in [2.75, 3.05) is 5.32 Å². The van der Waals surface area contributed by atoms with E-state index in [-0.39, 0.29) is 5.69 Å². The molecule has 0 bridgehead atoms. The zero-order valence-corrected chi connectivity index (χ0v) is 10.9. The van der Waals surface area contributed by atoms with E-state index in [0.717, 1.165) is 12.8 Å². The second-order valence-electron chi connectivity index (χ2n) is 4.49. The van der Waals surface area contributed by atoms with Crippen molar-refractivity contribution in [3.8, 4) is 0 Å². The van der Waals surface area contributed by atoms with Crippen molar-refractivity contribution in [3.05, 3.63) is 30.1 Å². The van der Waals surface area contributed by atoms with Crippen LogP contribution in [0.4, 0.5) is 10.1 Å². The molecule has 0 aliphatic heterocycles. The summed E-state index contributed by atoms with van der Waals surface area (Å²) in [6.07, 6.45) is 2.41. The standard InChI is InChI=1S/C14H20FNO2/c1-3-9-14(10-4-2,13(17)18)16-12-8-6-5-7-11(12)15/h5-8,16H,3-4,9-10H2,1-2H3,(H,17,18). The van der Waals surface area contributed by atoms with Crippen LogP contribution in [0.3, 0.4) is 0 Å². The summed E-state index contributed by atoms with van der Waals surface area (Å²) in [6.45, 7) is 3.85. The molecule has 0 amide bonds. The molecular weight excluding hydrogens is 233 g/mol. The van der Waals surface area contributed by atoms with E-state index in [0.29, 0.717) is 12.8 Å². The molecule has 1 aromatic carbocycles. The van der Waals surface area contributed by atoms with Gasteiger partial charge in [-0.1, -0.05) is 38.8 Å². The molecule has 0 radical (unpaired) electrons. The lowest BCUT2D eigenvalue weighted by Gasteiger charge is -2.31. The Hall–Kier alpha value is -1.58. The third-order valence-electron chi connectivity index (χ3n) is 3.01. The van der Waals surface area contributed by atoms with Gasteiger partial charge in [-0.15, -0.1) is 0 Å². The lowest BCUT2D eigenvalue weighted by Crippen LogP contribution is -2.46. The minimum absolute atomic E-state index is 0.252. The van der Waals surface area contributed by atoms with E-state index < -0.39 is 17.3 Å². The third kappa shape index (κ3) is 3.22. The second kappa shape index (κ2) is 6.38. The molecule has 100 valence electrons. The zero-order chi connectivity index (χ0) is 13.6. The number of aliphatic carboxylic acids is 1. The van der Waals surface area contributed by atoms with Crippen LogP contribution >= 0.6 is 0 Å². The SMILES string of the molecule is CCCC(CCC)(Nc1ccccc1F)C(=O)O. The van der Waals surface area contributed by atoms with Crippen LogP contribution in [0.1, 0.15) is 39.5 Å². The Morgan fingerprint density at radius 2 is 1.83 bits per heavy atom. The van der Waals surface area contributed by atoms with E-state index in [1.165, 1.54) is 6.07 Å². The van der Waals surface area contributed by atoms with E-state index in [1.54, 1.807) is 18.2 Å². The summed E-state index contributed by atoms with van der Waals surface area (Å²) in [5.41, 5.74) is -0.826. The van der Waals surface area contributed by atoms with Crippen LogP contribution < -0.4 is 5.32 Å². The number of halogens is 1. The average molecular weight is 253 g/mol. The van der Waals surface area contributed by atoms with E-state index in [9.17, 15) is 14.3 Å². The highest BCUT2D eigenvalue weighted by molar-refractivity contribution is 5.82. The maximum Gasteiger partial charge on any atom is 0.329 e. The summed E-state index contributed by atoms with van der Waals surface area (Å²) in [6, 6.07) is 6.17. The van der Waals surface area contributed by atoms with Gasteiger partial charge in [0.05, 0.1) is 5.69 Å². The normalized spacial score (nSPS) is 11.3. The van der Waals surface area contributed by atoms with Crippen LogP contribution in [-0.2, 0) is 4.79 Å². The summed E-state index contributed by atoms with van der Waals surface area (Å²) in [5.74, 6) is -1.34. The predicted molar refractivity (Wildman–Crippen MR) is 70.2 cm³/mol. The summed E-state index contributed by atoms with van der Waals surface area (Å²) in [7, 11) is 0. The van der Waals surface area contributed by atoms with Crippen LogP contribution in [0, 0.1) is 5.82 Å². The minimum atomic E-state index is -1.08. The Morgan fingerprint density at radius 3 is 2.28 bits per heavy atom. The van der Waals surface area contributed by atoms with Crippen LogP contribution in [0.5, 0.6) is 0 Å². The number of carboxylic acids is 1. The Morgan fingerprint density at radius 1 is 1.28 bits per heavy atom. The number of nitrogens with one attached hydrogen (secondary N) is 1. The third-order valence-corrected chi connectivity index (χ3v) is 3.01. The lowest BCUT2D eigenvalue weighted by molar-refractivity contribution is -0.142. The van der Waals surface area contributed by atoms with Gasteiger partial charge in [0.2, 0.25) is 0 Å². The van der Waals surface area contributed by atoms with Gasteiger partial charge in [0.25, 0.3) is 0 Å². The lowest BCUT2D eigenvalue weighted by atomic mass is 9.88. The van der Waals surface area contributed by atoms with Gasteiger partial charge in [-0.3, -0.25) is 0 Å². The highest BCUT2D eigenvalue weighted by Crippen LogP contribution is 2.27. The molecule has 0 fully saturated rings. The van der Waals surface area contributed by atoms with E-state index in [4.69, 9.17) is 0 Å². The molecule has 0 unspecified atom stereocenters. The fourth-order valence-electron chi connectivity index (χ4n) is 2.19. The molecule has 3 nitrogen and oxygen atoms in total. The first-order valence-electron chi connectivity index (χ1n) is 6.32. The fraction of sp³-hybridized carbons (Fsp3) is 0.500. The molecule has 0 atom stereocenters. The second-order valence-corrected chi connectivity index (χ2v) is 4.49. The summed E-state index contributed by atoms with van der Waals surface area (Å²) in [4.78, 5) is 11.5. The molecule has 0 heterocycles. The van der Waals surface area contributed by atoms with Crippen LogP contribution in [0.15, 0.2) is 24.3 Å². The Balaban J connectivity index is 3.03. The van der Waals surface area contributed by atoms with Crippen LogP contribution in [0.25, 0.3) is 0 Å². The molecule has 0 aromatic heterocycles. The molecule has 1 aromatic rings. The van der Waals surface area contributed by atoms with Gasteiger partial charge in [0.15, 0.2) is 0 Å². The molecule has 0 saturated carbocycles. The first kappa shape index (κ1) is 14.5. The maximum absolute atomic E-state index is 13.6.